The molecule has 4 aromatic rings. The molecule has 5 rings (SSSR count). The number of carbonyl (C=O) groups is 1. The van der Waals surface area contributed by atoms with E-state index in [1.54, 1.807) is 0 Å². The molecule has 7 heteroatoms. The van der Waals surface area contributed by atoms with E-state index in [2.05, 4.69) is 34.3 Å². The molecule has 1 saturated heterocycles. The van der Waals surface area contributed by atoms with E-state index >= 15 is 0 Å². The van der Waals surface area contributed by atoms with Gasteiger partial charge in [0.2, 0.25) is 17.6 Å². The molecule has 0 aliphatic carbocycles. The second-order valence-corrected chi connectivity index (χ2v) is 8.10. The fraction of sp³-hybridized carbons (Fsp3) is 0.333. The Bertz CT molecular complexity index is 1190. The molecule has 0 bridgehead atoms. The van der Waals surface area contributed by atoms with Crippen LogP contribution in [0.2, 0.25) is 0 Å². The van der Waals surface area contributed by atoms with E-state index in [1.807, 2.05) is 52.2 Å². The van der Waals surface area contributed by atoms with Gasteiger partial charge >= 0.3 is 0 Å². The minimum atomic E-state index is 0.172. The van der Waals surface area contributed by atoms with Gasteiger partial charge in [0.05, 0.1) is 18.3 Å². The Morgan fingerprint density at radius 1 is 1.10 bits per heavy atom. The molecule has 1 fully saturated rings. The number of benzene rings is 2. The van der Waals surface area contributed by atoms with Crippen LogP contribution in [0.1, 0.15) is 36.6 Å². The van der Waals surface area contributed by atoms with Crippen LogP contribution in [-0.2, 0) is 11.3 Å². The molecule has 0 atom stereocenters. The summed E-state index contributed by atoms with van der Waals surface area (Å²) in [6, 6.07) is 16.0. The highest BCUT2D eigenvalue weighted by molar-refractivity contribution is 5.82. The van der Waals surface area contributed by atoms with Gasteiger partial charge in [-0.05, 0) is 31.4 Å². The number of likely N-dealkylation sites (tertiary alicyclic amines) is 1. The SMILES string of the molecule is Cc1cccc2c1cnn2CCC(=O)N1CCC(c2nc(-c3ccccc3)no2)CC1. The molecule has 2 aromatic carbocycles. The van der Waals surface area contributed by atoms with Gasteiger partial charge in [-0.3, -0.25) is 9.48 Å². The Morgan fingerprint density at radius 3 is 2.71 bits per heavy atom. The predicted octanol–water partition coefficient (Wildman–Crippen LogP) is 4.19. The molecule has 0 spiro atoms. The lowest BCUT2D eigenvalue weighted by Gasteiger charge is -2.30. The molecular formula is C24H25N5O2. The molecule has 158 valence electrons. The van der Waals surface area contributed by atoms with Gasteiger partial charge in [-0.2, -0.15) is 10.1 Å². The van der Waals surface area contributed by atoms with Crippen molar-refractivity contribution in [1.29, 1.82) is 0 Å². The smallest absolute Gasteiger partial charge is 0.230 e. The summed E-state index contributed by atoms with van der Waals surface area (Å²) in [5, 5.41) is 9.74. The Hall–Kier alpha value is -3.48. The predicted molar refractivity (Wildman–Crippen MR) is 117 cm³/mol. The summed E-state index contributed by atoms with van der Waals surface area (Å²) in [6.45, 7) is 4.10. The number of nitrogens with zero attached hydrogens (tertiary/aromatic N) is 5. The number of aromatic nitrogens is 4. The van der Waals surface area contributed by atoms with Crippen molar-refractivity contribution in [3.8, 4) is 11.4 Å². The zero-order valence-corrected chi connectivity index (χ0v) is 17.6. The van der Waals surface area contributed by atoms with Gasteiger partial charge in [0.1, 0.15) is 0 Å². The molecule has 0 radical (unpaired) electrons. The molecule has 0 N–H and O–H groups in total. The van der Waals surface area contributed by atoms with Gasteiger partial charge in [-0.1, -0.05) is 47.6 Å². The summed E-state index contributed by atoms with van der Waals surface area (Å²) in [4.78, 5) is 19.3. The van der Waals surface area contributed by atoms with Crippen molar-refractivity contribution in [3.05, 3.63) is 66.2 Å². The van der Waals surface area contributed by atoms with Gasteiger partial charge in [0, 0.05) is 36.4 Å². The number of hydrogen-bond acceptors (Lipinski definition) is 5. The average molecular weight is 415 g/mol. The summed E-state index contributed by atoms with van der Waals surface area (Å²) in [5.41, 5.74) is 3.23. The first-order valence-electron chi connectivity index (χ1n) is 10.8. The molecule has 7 nitrogen and oxygen atoms in total. The first kappa shape index (κ1) is 19.5. The van der Waals surface area contributed by atoms with Crippen molar-refractivity contribution in [1.82, 2.24) is 24.8 Å². The standard InChI is InChI=1S/C24H25N5O2/c1-17-6-5-9-21-20(17)16-25-29(21)15-12-22(30)28-13-10-19(11-14-28)24-26-23(27-31-24)18-7-3-2-4-8-18/h2-9,16,19H,10-15H2,1H3. The highest BCUT2D eigenvalue weighted by atomic mass is 16.5. The quantitative estimate of drug-likeness (QED) is 0.488. The maximum absolute atomic E-state index is 12.8. The van der Waals surface area contributed by atoms with Crippen LogP contribution in [0.15, 0.2) is 59.3 Å². The topological polar surface area (TPSA) is 77.1 Å². The number of rotatable bonds is 5. The van der Waals surface area contributed by atoms with Crippen LogP contribution < -0.4 is 0 Å². The maximum atomic E-state index is 12.8. The zero-order chi connectivity index (χ0) is 21.2. The van der Waals surface area contributed by atoms with Crippen molar-refractivity contribution in [3.63, 3.8) is 0 Å². The third-order valence-electron chi connectivity index (χ3n) is 6.11. The molecule has 1 aliphatic heterocycles. The van der Waals surface area contributed by atoms with E-state index in [9.17, 15) is 4.79 Å². The summed E-state index contributed by atoms with van der Waals surface area (Å²) in [6.07, 6.45) is 4.01. The van der Waals surface area contributed by atoms with Gasteiger partial charge in [0.15, 0.2) is 0 Å². The molecule has 3 heterocycles. The summed E-state index contributed by atoms with van der Waals surface area (Å²) in [7, 11) is 0. The lowest BCUT2D eigenvalue weighted by Crippen LogP contribution is -2.38. The lowest BCUT2D eigenvalue weighted by molar-refractivity contribution is -0.132. The summed E-state index contributed by atoms with van der Waals surface area (Å²) >= 11 is 0. The molecule has 1 aliphatic rings. The fourth-order valence-corrected chi connectivity index (χ4v) is 4.27. The van der Waals surface area contributed by atoms with Gasteiger partial charge in [-0.25, -0.2) is 0 Å². The molecule has 0 saturated carbocycles. The number of fused-ring (bicyclic) bond motifs is 1. The average Bonchev–Trinajstić information content (AvgIpc) is 3.47. The van der Waals surface area contributed by atoms with Crippen molar-refractivity contribution >= 4 is 16.8 Å². The van der Waals surface area contributed by atoms with Gasteiger partial charge < -0.3 is 9.42 Å². The molecular weight excluding hydrogens is 390 g/mol. The van der Waals surface area contributed by atoms with Crippen LogP contribution in [0.4, 0.5) is 0 Å². The first-order valence-corrected chi connectivity index (χ1v) is 10.8. The third-order valence-corrected chi connectivity index (χ3v) is 6.11. The van der Waals surface area contributed by atoms with Crippen LogP contribution in [0.3, 0.4) is 0 Å². The van der Waals surface area contributed by atoms with E-state index < -0.39 is 0 Å². The highest BCUT2D eigenvalue weighted by Gasteiger charge is 2.27. The van der Waals surface area contributed by atoms with Crippen molar-refractivity contribution in [2.45, 2.75) is 38.6 Å². The Morgan fingerprint density at radius 2 is 1.90 bits per heavy atom. The van der Waals surface area contributed by atoms with Crippen molar-refractivity contribution in [2.24, 2.45) is 0 Å². The second kappa shape index (κ2) is 8.34. The van der Waals surface area contributed by atoms with E-state index in [0.29, 0.717) is 37.8 Å². The molecule has 31 heavy (non-hydrogen) atoms. The third kappa shape index (κ3) is 3.95. The first-order chi connectivity index (χ1) is 15.2. The van der Waals surface area contributed by atoms with Crippen LogP contribution in [0, 0.1) is 6.92 Å². The monoisotopic (exact) mass is 415 g/mol. The normalized spacial score (nSPS) is 14.9. The fourth-order valence-electron chi connectivity index (χ4n) is 4.27. The maximum Gasteiger partial charge on any atom is 0.230 e. The van der Waals surface area contributed by atoms with E-state index in [0.717, 1.165) is 29.3 Å². The number of amides is 1. The Labute approximate surface area is 180 Å². The molecule has 0 unspecified atom stereocenters. The zero-order valence-electron chi connectivity index (χ0n) is 17.6. The van der Waals surface area contributed by atoms with Crippen molar-refractivity contribution < 1.29 is 9.32 Å². The number of piperidine rings is 1. The van der Waals surface area contributed by atoms with Crippen molar-refractivity contribution in [2.75, 3.05) is 13.1 Å². The highest BCUT2D eigenvalue weighted by Crippen LogP contribution is 2.29. The summed E-state index contributed by atoms with van der Waals surface area (Å²) in [5.74, 6) is 1.66. The van der Waals surface area contributed by atoms with Crippen LogP contribution >= 0.6 is 0 Å². The summed E-state index contributed by atoms with van der Waals surface area (Å²) < 4.78 is 7.45. The Kier molecular flexibility index (Phi) is 5.24. The minimum absolute atomic E-state index is 0.172. The minimum Gasteiger partial charge on any atom is -0.343 e. The van der Waals surface area contributed by atoms with Crippen LogP contribution in [0.5, 0.6) is 0 Å². The van der Waals surface area contributed by atoms with E-state index in [-0.39, 0.29) is 11.8 Å². The largest absolute Gasteiger partial charge is 0.343 e. The number of carbonyl (C=O) groups excluding carboxylic acids is 1. The van der Waals surface area contributed by atoms with Gasteiger partial charge in [0.25, 0.3) is 0 Å². The molecule has 1 amide bonds. The number of hydrogen-bond donors (Lipinski definition) is 0. The molecule has 2 aromatic heterocycles. The number of aryl methyl sites for hydroxylation is 2. The van der Waals surface area contributed by atoms with E-state index in [4.69, 9.17) is 4.52 Å². The second-order valence-electron chi connectivity index (χ2n) is 8.10. The van der Waals surface area contributed by atoms with E-state index in [1.165, 1.54) is 5.56 Å². The van der Waals surface area contributed by atoms with Crippen LogP contribution in [-0.4, -0.2) is 43.8 Å². The Balaban J connectivity index is 1.16. The van der Waals surface area contributed by atoms with Crippen LogP contribution in [0.25, 0.3) is 22.3 Å². The van der Waals surface area contributed by atoms with Gasteiger partial charge in [-0.15, -0.1) is 0 Å². The lowest BCUT2D eigenvalue weighted by atomic mass is 9.96.